The van der Waals surface area contributed by atoms with Crippen LogP contribution in [0.1, 0.15) is 29.8 Å². The first-order chi connectivity index (χ1) is 13.3. The fourth-order valence-electron chi connectivity index (χ4n) is 2.48. The molecule has 2 aromatic carbocycles. The summed E-state index contributed by atoms with van der Waals surface area (Å²) >= 11 is 0. The van der Waals surface area contributed by atoms with E-state index in [4.69, 9.17) is 4.74 Å². The molecule has 0 bridgehead atoms. The lowest BCUT2D eigenvalue weighted by Gasteiger charge is -2.23. The van der Waals surface area contributed by atoms with E-state index in [1.54, 1.807) is 31.4 Å². The zero-order valence-electron chi connectivity index (χ0n) is 16.4. The minimum absolute atomic E-state index is 0.234. The monoisotopic (exact) mass is 384 g/mol. The second kappa shape index (κ2) is 9.03. The van der Waals surface area contributed by atoms with Crippen molar-refractivity contribution in [1.29, 1.82) is 0 Å². The number of carbonyl (C=O) groups is 3. The van der Waals surface area contributed by atoms with Crippen LogP contribution in [0.3, 0.4) is 0 Å². The van der Waals surface area contributed by atoms with Crippen LogP contribution in [-0.2, 0) is 20.9 Å². The Morgan fingerprint density at radius 3 is 2.36 bits per heavy atom. The number of amides is 2. The summed E-state index contributed by atoms with van der Waals surface area (Å²) in [4.78, 5) is 36.9. The van der Waals surface area contributed by atoms with Crippen molar-refractivity contribution in [2.75, 3.05) is 19.5 Å². The van der Waals surface area contributed by atoms with Gasteiger partial charge in [0.25, 0.3) is 0 Å². The Morgan fingerprint density at radius 1 is 0.964 bits per heavy atom. The van der Waals surface area contributed by atoms with Crippen molar-refractivity contribution in [2.24, 2.45) is 5.41 Å². The van der Waals surface area contributed by atoms with Gasteiger partial charge < -0.3 is 20.1 Å². The molecule has 0 aliphatic rings. The lowest BCUT2D eigenvalue weighted by molar-refractivity contribution is -0.138. The highest BCUT2D eigenvalue weighted by molar-refractivity contribution is 6.10. The molecule has 0 aromatic heterocycles. The van der Waals surface area contributed by atoms with Gasteiger partial charge in [0.15, 0.2) is 0 Å². The third-order valence-corrected chi connectivity index (χ3v) is 4.31. The molecule has 0 unspecified atom stereocenters. The van der Waals surface area contributed by atoms with Gasteiger partial charge in [-0.1, -0.05) is 24.3 Å². The van der Waals surface area contributed by atoms with Crippen LogP contribution in [0.2, 0.25) is 0 Å². The van der Waals surface area contributed by atoms with Crippen molar-refractivity contribution in [2.45, 2.75) is 20.4 Å². The SMILES string of the molecule is COC(=O)c1cccc(NC(=O)C(C)(C)C(=O)NCc2ccccc2OC)c1. The Bertz CT molecular complexity index is 877. The van der Waals surface area contributed by atoms with Gasteiger partial charge in [-0.25, -0.2) is 4.79 Å². The highest BCUT2D eigenvalue weighted by Crippen LogP contribution is 2.22. The maximum absolute atomic E-state index is 12.6. The van der Waals surface area contributed by atoms with Gasteiger partial charge in [-0.2, -0.15) is 0 Å². The Balaban J connectivity index is 2.05. The Labute approximate surface area is 164 Å². The zero-order valence-corrected chi connectivity index (χ0v) is 16.4. The highest BCUT2D eigenvalue weighted by atomic mass is 16.5. The van der Waals surface area contributed by atoms with Gasteiger partial charge in [0, 0.05) is 17.8 Å². The summed E-state index contributed by atoms with van der Waals surface area (Å²) in [6, 6.07) is 13.6. The molecule has 0 atom stereocenters. The first-order valence-electron chi connectivity index (χ1n) is 8.69. The van der Waals surface area contributed by atoms with Crippen molar-refractivity contribution >= 4 is 23.5 Å². The van der Waals surface area contributed by atoms with Gasteiger partial charge in [-0.05, 0) is 38.1 Å². The average Bonchev–Trinajstić information content (AvgIpc) is 2.71. The van der Waals surface area contributed by atoms with E-state index in [-0.39, 0.29) is 6.54 Å². The summed E-state index contributed by atoms with van der Waals surface area (Å²) in [6.45, 7) is 3.30. The number of rotatable bonds is 7. The minimum Gasteiger partial charge on any atom is -0.496 e. The molecule has 0 aliphatic heterocycles. The molecule has 28 heavy (non-hydrogen) atoms. The van der Waals surface area contributed by atoms with Crippen LogP contribution in [0.25, 0.3) is 0 Å². The largest absolute Gasteiger partial charge is 0.496 e. The molecule has 0 radical (unpaired) electrons. The number of ether oxygens (including phenoxy) is 2. The van der Waals surface area contributed by atoms with Crippen LogP contribution in [0, 0.1) is 5.41 Å². The zero-order chi connectivity index (χ0) is 20.7. The number of para-hydroxylation sites is 1. The molecule has 2 rings (SSSR count). The van der Waals surface area contributed by atoms with Crippen molar-refractivity contribution < 1.29 is 23.9 Å². The van der Waals surface area contributed by atoms with Crippen molar-refractivity contribution in [3.63, 3.8) is 0 Å². The molecular weight excluding hydrogens is 360 g/mol. The average molecular weight is 384 g/mol. The number of methoxy groups -OCH3 is 2. The first kappa shape index (κ1) is 21.0. The number of esters is 1. The number of anilines is 1. The lowest BCUT2D eigenvalue weighted by atomic mass is 9.90. The summed E-state index contributed by atoms with van der Waals surface area (Å²) in [6.07, 6.45) is 0. The fraction of sp³-hybridized carbons (Fsp3) is 0.286. The van der Waals surface area contributed by atoms with Gasteiger partial charge >= 0.3 is 5.97 Å². The maximum Gasteiger partial charge on any atom is 0.337 e. The van der Waals surface area contributed by atoms with Crippen LogP contribution in [-0.4, -0.2) is 32.0 Å². The predicted molar refractivity (Wildman–Crippen MR) is 105 cm³/mol. The summed E-state index contributed by atoms with van der Waals surface area (Å²) < 4.78 is 9.93. The number of hydrogen-bond acceptors (Lipinski definition) is 5. The standard InChI is InChI=1S/C21H24N2O5/c1-21(2,19(25)22-13-15-8-5-6-11-17(15)27-3)20(26)23-16-10-7-9-14(12-16)18(24)28-4/h5-12H,13H2,1-4H3,(H,22,25)(H,23,26). The minimum atomic E-state index is -1.33. The Kier molecular flexibility index (Phi) is 6.76. The number of carbonyl (C=O) groups excluding carboxylic acids is 3. The molecule has 7 heteroatoms. The summed E-state index contributed by atoms with van der Waals surface area (Å²) in [5, 5.41) is 5.44. The molecule has 7 nitrogen and oxygen atoms in total. The third kappa shape index (κ3) is 4.88. The molecule has 2 aromatic rings. The van der Waals surface area contributed by atoms with Crippen LogP contribution in [0.15, 0.2) is 48.5 Å². The maximum atomic E-state index is 12.6. The molecule has 2 amide bonds. The van der Waals surface area contributed by atoms with Crippen LogP contribution < -0.4 is 15.4 Å². The predicted octanol–water partition coefficient (Wildman–Crippen LogP) is 2.76. The molecule has 0 saturated carbocycles. The summed E-state index contributed by atoms with van der Waals surface area (Å²) in [5.74, 6) is -0.776. The van der Waals surface area contributed by atoms with E-state index in [0.29, 0.717) is 17.0 Å². The van der Waals surface area contributed by atoms with Gasteiger partial charge in [0.05, 0.1) is 19.8 Å². The third-order valence-electron chi connectivity index (χ3n) is 4.31. The molecule has 0 fully saturated rings. The van der Waals surface area contributed by atoms with E-state index in [2.05, 4.69) is 15.4 Å². The van der Waals surface area contributed by atoms with E-state index < -0.39 is 23.2 Å². The van der Waals surface area contributed by atoms with E-state index >= 15 is 0 Å². The first-order valence-corrected chi connectivity index (χ1v) is 8.69. The topological polar surface area (TPSA) is 93.7 Å². The molecule has 0 spiro atoms. The van der Waals surface area contributed by atoms with Gasteiger partial charge in [-0.3, -0.25) is 9.59 Å². The number of nitrogens with one attached hydrogen (secondary N) is 2. The fourth-order valence-corrected chi connectivity index (χ4v) is 2.48. The van der Waals surface area contributed by atoms with Crippen molar-refractivity contribution in [3.05, 3.63) is 59.7 Å². The van der Waals surface area contributed by atoms with Crippen LogP contribution in [0.5, 0.6) is 5.75 Å². The second-order valence-corrected chi connectivity index (χ2v) is 6.65. The second-order valence-electron chi connectivity index (χ2n) is 6.65. The molecule has 0 aliphatic carbocycles. The van der Waals surface area contributed by atoms with E-state index in [0.717, 1.165) is 5.56 Å². The van der Waals surface area contributed by atoms with E-state index in [1.807, 2.05) is 18.2 Å². The normalized spacial score (nSPS) is 10.7. The molecule has 2 N–H and O–H groups in total. The van der Waals surface area contributed by atoms with Gasteiger partial charge in [-0.15, -0.1) is 0 Å². The van der Waals surface area contributed by atoms with Gasteiger partial charge in [0.1, 0.15) is 11.2 Å². The number of benzene rings is 2. The quantitative estimate of drug-likeness (QED) is 0.566. The molecule has 0 heterocycles. The van der Waals surface area contributed by atoms with Crippen molar-refractivity contribution in [1.82, 2.24) is 5.32 Å². The van der Waals surface area contributed by atoms with Crippen LogP contribution in [0.4, 0.5) is 5.69 Å². The van der Waals surface area contributed by atoms with Gasteiger partial charge in [0.2, 0.25) is 11.8 Å². The van der Waals surface area contributed by atoms with E-state index in [9.17, 15) is 14.4 Å². The van der Waals surface area contributed by atoms with Crippen LogP contribution >= 0.6 is 0 Å². The van der Waals surface area contributed by atoms with E-state index in [1.165, 1.54) is 27.0 Å². The Morgan fingerprint density at radius 2 is 1.68 bits per heavy atom. The number of hydrogen-bond donors (Lipinski definition) is 2. The summed E-state index contributed by atoms with van der Waals surface area (Å²) in [7, 11) is 2.84. The van der Waals surface area contributed by atoms with Crippen molar-refractivity contribution in [3.8, 4) is 5.75 Å². The highest BCUT2D eigenvalue weighted by Gasteiger charge is 2.36. The molecule has 148 valence electrons. The molecule has 0 saturated heterocycles. The lowest BCUT2D eigenvalue weighted by Crippen LogP contribution is -2.44. The molecular formula is C21H24N2O5. The Hall–Kier alpha value is -3.35. The smallest absolute Gasteiger partial charge is 0.337 e. The summed E-state index contributed by atoms with van der Waals surface area (Å²) in [5.41, 5.74) is 0.182.